The van der Waals surface area contributed by atoms with Gasteiger partial charge in [-0.2, -0.15) is 22.0 Å². The maximum Gasteiger partial charge on any atom is 0.419 e. The summed E-state index contributed by atoms with van der Waals surface area (Å²) in [6, 6.07) is 0. The van der Waals surface area contributed by atoms with Crippen molar-refractivity contribution in [2.45, 2.75) is 44.6 Å². The van der Waals surface area contributed by atoms with Crippen LogP contribution in [0.3, 0.4) is 0 Å². The van der Waals surface area contributed by atoms with Crippen molar-refractivity contribution in [1.82, 2.24) is 0 Å². The minimum Gasteiger partial charge on any atom is -0.320 e. The van der Waals surface area contributed by atoms with Crippen LogP contribution >= 0.6 is 0 Å². The molecule has 0 saturated heterocycles. The molecule has 0 aliphatic rings. The fourth-order valence-electron chi connectivity index (χ4n) is 0.749. The van der Waals surface area contributed by atoms with Crippen molar-refractivity contribution in [3.05, 3.63) is 0 Å². The van der Waals surface area contributed by atoms with E-state index in [0.717, 1.165) is 0 Å². The standard InChI is InChI=1S/C8H12F6O/c1-2-3-4-15-7(10,11)5-6(9)8(12,13)14/h6H,2-5H2,1H3. The zero-order valence-electron chi connectivity index (χ0n) is 8.08. The van der Waals surface area contributed by atoms with Gasteiger partial charge in [0, 0.05) is 0 Å². The number of alkyl halides is 6. The minimum absolute atomic E-state index is 0.290. The zero-order chi connectivity index (χ0) is 12.1. The van der Waals surface area contributed by atoms with E-state index >= 15 is 0 Å². The molecule has 1 atom stereocenters. The quantitative estimate of drug-likeness (QED) is 0.506. The summed E-state index contributed by atoms with van der Waals surface area (Å²) in [6.45, 7) is 1.32. The Balaban J connectivity index is 4.02. The molecule has 0 fully saturated rings. The molecule has 0 bridgehead atoms. The molecule has 0 aliphatic carbocycles. The van der Waals surface area contributed by atoms with Crippen molar-refractivity contribution in [3.8, 4) is 0 Å². The first kappa shape index (κ1) is 14.5. The highest BCUT2D eigenvalue weighted by atomic mass is 19.4. The van der Waals surface area contributed by atoms with Gasteiger partial charge in [-0.15, -0.1) is 0 Å². The molecule has 1 nitrogen and oxygen atoms in total. The smallest absolute Gasteiger partial charge is 0.320 e. The Bertz CT molecular complexity index is 178. The van der Waals surface area contributed by atoms with Gasteiger partial charge in [-0.1, -0.05) is 13.3 Å². The summed E-state index contributed by atoms with van der Waals surface area (Å²) in [6.07, 6.45) is -14.0. The lowest BCUT2D eigenvalue weighted by Crippen LogP contribution is -2.34. The second-order valence-corrected chi connectivity index (χ2v) is 3.05. The monoisotopic (exact) mass is 238 g/mol. The number of hydrogen-bond acceptors (Lipinski definition) is 1. The largest absolute Gasteiger partial charge is 0.419 e. The van der Waals surface area contributed by atoms with Crippen LogP contribution in [0.15, 0.2) is 0 Å². The lowest BCUT2D eigenvalue weighted by atomic mass is 10.2. The third-order valence-electron chi connectivity index (χ3n) is 1.58. The van der Waals surface area contributed by atoms with Gasteiger partial charge in [0.2, 0.25) is 6.17 Å². The molecule has 0 spiro atoms. The molecular formula is C8H12F6O. The van der Waals surface area contributed by atoms with E-state index < -0.39 is 24.9 Å². The molecule has 15 heavy (non-hydrogen) atoms. The molecular weight excluding hydrogens is 226 g/mol. The maximum absolute atomic E-state index is 12.6. The van der Waals surface area contributed by atoms with Gasteiger partial charge in [0.05, 0.1) is 13.0 Å². The first-order valence-corrected chi connectivity index (χ1v) is 4.41. The highest BCUT2D eigenvalue weighted by Gasteiger charge is 2.47. The van der Waals surface area contributed by atoms with E-state index in [-0.39, 0.29) is 6.61 Å². The van der Waals surface area contributed by atoms with Crippen molar-refractivity contribution in [2.24, 2.45) is 0 Å². The van der Waals surface area contributed by atoms with Crippen molar-refractivity contribution in [3.63, 3.8) is 0 Å². The molecule has 0 radical (unpaired) electrons. The molecule has 0 aromatic carbocycles. The molecule has 0 N–H and O–H groups in total. The molecule has 0 aromatic heterocycles. The molecule has 0 saturated carbocycles. The molecule has 0 heterocycles. The Hall–Kier alpha value is -0.460. The topological polar surface area (TPSA) is 9.23 Å². The average Bonchev–Trinajstić information content (AvgIpc) is 2.01. The summed E-state index contributed by atoms with van der Waals surface area (Å²) in [5.74, 6) is 0. The van der Waals surface area contributed by atoms with Crippen molar-refractivity contribution in [2.75, 3.05) is 6.61 Å². The fourth-order valence-corrected chi connectivity index (χ4v) is 0.749. The molecule has 1 unspecified atom stereocenters. The Morgan fingerprint density at radius 3 is 2.07 bits per heavy atom. The van der Waals surface area contributed by atoms with Gasteiger partial charge in [0.1, 0.15) is 0 Å². The first-order valence-electron chi connectivity index (χ1n) is 4.41. The number of ether oxygens (including phenoxy) is 1. The Morgan fingerprint density at radius 2 is 1.67 bits per heavy atom. The summed E-state index contributed by atoms with van der Waals surface area (Å²) in [4.78, 5) is 0. The van der Waals surface area contributed by atoms with Crippen molar-refractivity contribution in [1.29, 1.82) is 0 Å². The molecule has 0 amide bonds. The molecule has 7 heteroatoms. The van der Waals surface area contributed by atoms with Gasteiger partial charge in [0.25, 0.3) is 0 Å². The normalized spacial score (nSPS) is 15.4. The summed E-state index contributed by atoms with van der Waals surface area (Å²) >= 11 is 0. The van der Waals surface area contributed by atoms with E-state index in [4.69, 9.17) is 0 Å². The predicted octanol–water partition coefficient (Wildman–Crippen LogP) is 3.69. The highest BCUT2D eigenvalue weighted by molar-refractivity contribution is 4.70. The van der Waals surface area contributed by atoms with Crippen LogP contribution in [0.25, 0.3) is 0 Å². The maximum atomic E-state index is 12.6. The Kier molecular flexibility index (Phi) is 5.41. The van der Waals surface area contributed by atoms with Crippen LogP contribution in [0.2, 0.25) is 0 Å². The average molecular weight is 238 g/mol. The van der Waals surface area contributed by atoms with Gasteiger partial charge >= 0.3 is 12.3 Å². The van der Waals surface area contributed by atoms with Crippen LogP contribution in [-0.4, -0.2) is 25.1 Å². The molecule has 0 rings (SSSR count). The van der Waals surface area contributed by atoms with Crippen LogP contribution in [0.5, 0.6) is 0 Å². The number of rotatable bonds is 6. The SMILES string of the molecule is CCCCOC(F)(F)CC(F)C(F)(F)F. The third kappa shape index (κ3) is 6.59. The lowest BCUT2D eigenvalue weighted by molar-refractivity contribution is -0.274. The van der Waals surface area contributed by atoms with E-state index in [1.165, 1.54) is 0 Å². The van der Waals surface area contributed by atoms with Gasteiger partial charge in [0.15, 0.2) is 0 Å². The number of hydrogen-bond donors (Lipinski definition) is 0. The first-order chi connectivity index (χ1) is 6.69. The van der Waals surface area contributed by atoms with Crippen LogP contribution in [0.1, 0.15) is 26.2 Å². The summed E-state index contributed by atoms with van der Waals surface area (Å²) in [5, 5.41) is 0. The minimum atomic E-state index is -5.27. The van der Waals surface area contributed by atoms with Crippen molar-refractivity contribution >= 4 is 0 Å². The van der Waals surface area contributed by atoms with Gasteiger partial charge < -0.3 is 4.74 Å². The summed E-state index contributed by atoms with van der Waals surface area (Å²) < 4.78 is 76.0. The van der Waals surface area contributed by atoms with Gasteiger partial charge in [-0.3, -0.25) is 0 Å². The Morgan fingerprint density at radius 1 is 1.13 bits per heavy atom. The second-order valence-electron chi connectivity index (χ2n) is 3.05. The molecule has 92 valence electrons. The third-order valence-corrected chi connectivity index (χ3v) is 1.58. The molecule has 0 aliphatic heterocycles. The van der Waals surface area contributed by atoms with Crippen LogP contribution in [0, 0.1) is 0 Å². The van der Waals surface area contributed by atoms with Crippen LogP contribution in [-0.2, 0) is 4.74 Å². The predicted molar refractivity (Wildman–Crippen MR) is 41.4 cm³/mol. The Labute approximate surface area is 83.4 Å². The van der Waals surface area contributed by atoms with E-state index in [0.29, 0.717) is 12.8 Å². The van der Waals surface area contributed by atoms with Crippen molar-refractivity contribution < 1.29 is 31.1 Å². The van der Waals surface area contributed by atoms with E-state index in [9.17, 15) is 26.3 Å². The zero-order valence-corrected chi connectivity index (χ0v) is 8.08. The van der Waals surface area contributed by atoms with Crippen LogP contribution < -0.4 is 0 Å². The fraction of sp³-hybridized carbons (Fsp3) is 1.00. The lowest BCUT2D eigenvalue weighted by Gasteiger charge is -2.20. The second kappa shape index (κ2) is 5.58. The summed E-state index contributed by atoms with van der Waals surface area (Å²) in [7, 11) is 0. The van der Waals surface area contributed by atoms with E-state index in [1.807, 2.05) is 0 Å². The number of halogens is 6. The van der Waals surface area contributed by atoms with Crippen LogP contribution in [0.4, 0.5) is 26.3 Å². The van der Waals surface area contributed by atoms with Gasteiger partial charge in [-0.25, -0.2) is 4.39 Å². The summed E-state index contributed by atoms with van der Waals surface area (Å²) in [5.41, 5.74) is 0. The molecule has 0 aromatic rings. The number of unbranched alkanes of at least 4 members (excludes halogenated alkanes) is 1. The van der Waals surface area contributed by atoms with E-state index in [2.05, 4.69) is 4.74 Å². The highest BCUT2D eigenvalue weighted by Crippen LogP contribution is 2.32. The van der Waals surface area contributed by atoms with E-state index in [1.54, 1.807) is 6.92 Å². The van der Waals surface area contributed by atoms with Gasteiger partial charge in [-0.05, 0) is 6.42 Å².